The summed E-state index contributed by atoms with van der Waals surface area (Å²) in [5, 5.41) is 3.36. The molecular weight excluding hydrogens is 400 g/mol. The minimum Gasteiger partial charge on any atom is -0.492 e. The van der Waals surface area contributed by atoms with Crippen molar-refractivity contribution in [3.8, 4) is 5.75 Å². The van der Waals surface area contributed by atoms with Gasteiger partial charge in [-0.15, -0.1) is 0 Å². The molecule has 1 amide bonds. The zero-order chi connectivity index (χ0) is 20.7. The second-order valence-corrected chi connectivity index (χ2v) is 8.64. The highest BCUT2D eigenvalue weighted by Crippen LogP contribution is 2.23. The lowest BCUT2D eigenvalue weighted by Crippen LogP contribution is -2.49. The van der Waals surface area contributed by atoms with E-state index in [1.807, 2.05) is 13.0 Å². The van der Waals surface area contributed by atoms with Crippen LogP contribution in [0.2, 0.25) is 5.02 Å². The normalized spacial score (nSPS) is 12.3. The van der Waals surface area contributed by atoms with Crippen LogP contribution in [0.1, 0.15) is 18.9 Å². The van der Waals surface area contributed by atoms with E-state index in [-0.39, 0.29) is 19.1 Å². The van der Waals surface area contributed by atoms with Gasteiger partial charge in [0, 0.05) is 5.02 Å². The van der Waals surface area contributed by atoms with E-state index in [4.69, 9.17) is 16.3 Å². The summed E-state index contributed by atoms with van der Waals surface area (Å²) in [6, 6.07) is 13.1. The van der Waals surface area contributed by atoms with Crippen LogP contribution in [0.5, 0.6) is 5.75 Å². The Morgan fingerprint density at radius 2 is 1.89 bits per heavy atom. The van der Waals surface area contributed by atoms with Crippen molar-refractivity contribution in [2.24, 2.45) is 0 Å². The second-order valence-electron chi connectivity index (χ2n) is 6.37. The van der Waals surface area contributed by atoms with E-state index in [9.17, 15) is 13.2 Å². The lowest BCUT2D eigenvalue weighted by Gasteiger charge is -2.30. The summed E-state index contributed by atoms with van der Waals surface area (Å²) < 4.78 is 31.4. The molecule has 1 N–H and O–H groups in total. The molecule has 2 aromatic rings. The number of halogens is 1. The number of aryl methyl sites for hydroxylation is 1. The Balaban J connectivity index is 2.00. The Hall–Kier alpha value is -2.25. The Morgan fingerprint density at radius 3 is 2.46 bits per heavy atom. The third-order valence-corrected chi connectivity index (χ3v) is 5.74. The van der Waals surface area contributed by atoms with Crippen LogP contribution in [-0.4, -0.2) is 39.8 Å². The van der Waals surface area contributed by atoms with Crippen LogP contribution >= 0.6 is 11.6 Å². The van der Waals surface area contributed by atoms with Crippen molar-refractivity contribution >= 4 is 33.2 Å². The number of nitrogens with one attached hydrogen (secondary N) is 1. The summed E-state index contributed by atoms with van der Waals surface area (Å²) in [6.07, 6.45) is 1.43. The van der Waals surface area contributed by atoms with E-state index >= 15 is 0 Å². The first kappa shape index (κ1) is 22.0. The Bertz CT molecular complexity index is 904. The van der Waals surface area contributed by atoms with Gasteiger partial charge in [-0.05, 0) is 43.2 Å². The summed E-state index contributed by atoms with van der Waals surface area (Å²) >= 11 is 6.06. The van der Waals surface area contributed by atoms with Gasteiger partial charge in [-0.1, -0.05) is 42.8 Å². The molecule has 0 aromatic heterocycles. The number of carbonyl (C=O) groups excluding carboxylic acids is 1. The smallest absolute Gasteiger partial charge is 0.244 e. The molecule has 0 aliphatic rings. The zero-order valence-corrected chi connectivity index (χ0v) is 17.8. The molecule has 6 nitrogen and oxygen atoms in total. The molecule has 1 atom stereocenters. The number of carbonyl (C=O) groups is 1. The molecule has 0 aliphatic heterocycles. The largest absolute Gasteiger partial charge is 0.492 e. The monoisotopic (exact) mass is 424 g/mol. The fraction of sp³-hybridized carbons (Fsp3) is 0.350. The van der Waals surface area contributed by atoms with Crippen LogP contribution in [0.25, 0.3) is 0 Å². The third kappa shape index (κ3) is 5.87. The van der Waals surface area contributed by atoms with Crippen molar-refractivity contribution in [3.05, 3.63) is 59.1 Å². The van der Waals surface area contributed by atoms with Gasteiger partial charge in [-0.2, -0.15) is 0 Å². The van der Waals surface area contributed by atoms with Gasteiger partial charge in [0.25, 0.3) is 0 Å². The van der Waals surface area contributed by atoms with Gasteiger partial charge >= 0.3 is 0 Å². The van der Waals surface area contributed by atoms with Gasteiger partial charge in [0.05, 0.1) is 18.5 Å². The fourth-order valence-electron chi connectivity index (χ4n) is 2.76. The first-order valence-corrected chi connectivity index (χ1v) is 11.2. The molecule has 0 saturated heterocycles. The van der Waals surface area contributed by atoms with Crippen LogP contribution in [0.4, 0.5) is 5.69 Å². The summed E-state index contributed by atoms with van der Waals surface area (Å²) in [5.74, 6) is 0.237. The van der Waals surface area contributed by atoms with E-state index in [1.54, 1.807) is 49.4 Å². The highest BCUT2D eigenvalue weighted by Gasteiger charge is 2.31. The number of benzene rings is 2. The van der Waals surface area contributed by atoms with Crippen LogP contribution < -0.4 is 14.4 Å². The summed E-state index contributed by atoms with van der Waals surface area (Å²) in [4.78, 5) is 12.7. The number of hydrogen-bond donors (Lipinski definition) is 1. The number of rotatable bonds is 9. The highest BCUT2D eigenvalue weighted by atomic mass is 35.5. The van der Waals surface area contributed by atoms with Crippen molar-refractivity contribution in [2.45, 2.75) is 26.3 Å². The lowest BCUT2D eigenvalue weighted by molar-refractivity contribution is -0.122. The third-order valence-electron chi connectivity index (χ3n) is 4.15. The standard InChI is InChI=1S/C20H25ClN2O4S/c1-4-19(23(28(3,25)26)16-8-6-5-7-9-16)20(24)22-12-13-27-17-11-10-15(2)18(21)14-17/h5-11,14,19H,4,12-13H2,1-3H3,(H,22,24)/t19-/m1/s1. The van der Waals surface area contributed by atoms with Crippen molar-refractivity contribution in [2.75, 3.05) is 23.7 Å². The summed E-state index contributed by atoms with van der Waals surface area (Å²) in [7, 11) is -3.63. The molecular formula is C20H25ClN2O4S. The SMILES string of the molecule is CC[C@H](C(=O)NCCOc1ccc(C)c(Cl)c1)N(c1ccccc1)S(C)(=O)=O. The number of para-hydroxylation sites is 1. The molecule has 152 valence electrons. The molecule has 8 heteroatoms. The van der Waals surface area contributed by atoms with E-state index in [2.05, 4.69) is 5.32 Å². The maximum absolute atomic E-state index is 12.7. The highest BCUT2D eigenvalue weighted by molar-refractivity contribution is 7.92. The van der Waals surface area contributed by atoms with Gasteiger partial charge < -0.3 is 10.1 Å². The van der Waals surface area contributed by atoms with Gasteiger partial charge in [-0.3, -0.25) is 9.10 Å². The van der Waals surface area contributed by atoms with Gasteiger partial charge in [0.15, 0.2) is 0 Å². The number of ether oxygens (including phenoxy) is 1. The quantitative estimate of drug-likeness (QED) is 0.626. The first-order valence-electron chi connectivity index (χ1n) is 8.95. The molecule has 0 heterocycles. The molecule has 0 bridgehead atoms. The van der Waals surface area contributed by atoms with Crippen molar-refractivity contribution in [1.82, 2.24) is 5.32 Å². The van der Waals surface area contributed by atoms with E-state index in [1.165, 1.54) is 0 Å². The molecule has 0 aliphatic carbocycles. The van der Waals surface area contributed by atoms with Crippen molar-refractivity contribution in [1.29, 1.82) is 0 Å². The van der Waals surface area contributed by atoms with Gasteiger partial charge in [-0.25, -0.2) is 8.42 Å². The topological polar surface area (TPSA) is 75.7 Å². The Morgan fingerprint density at radius 1 is 1.21 bits per heavy atom. The number of nitrogens with zero attached hydrogens (tertiary/aromatic N) is 1. The van der Waals surface area contributed by atoms with Crippen LogP contribution in [-0.2, 0) is 14.8 Å². The minimum atomic E-state index is -3.63. The van der Waals surface area contributed by atoms with Gasteiger partial charge in [0.1, 0.15) is 18.4 Å². The maximum atomic E-state index is 12.7. The average molecular weight is 425 g/mol. The number of amides is 1. The Labute approximate surface area is 171 Å². The number of sulfonamides is 1. The summed E-state index contributed by atoms with van der Waals surface area (Å²) in [5.41, 5.74) is 1.41. The van der Waals surface area contributed by atoms with E-state index in [0.29, 0.717) is 22.9 Å². The number of anilines is 1. The summed E-state index contributed by atoms with van der Waals surface area (Å²) in [6.45, 7) is 4.16. The second kappa shape index (κ2) is 9.80. The number of hydrogen-bond acceptors (Lipinski definition) is 4. The molecule has 2 aromatic carbocycles. The molecule has 2 rings (SSSR count). The van der Waals surface area contributed by atoms with Crippen molar-refractivity contribution in [3.63, 3.8) is 0 Å². The van der Waals surface area contributed by atoms with Crippen LogP contribution in [0.15, 0.2) is 48.5 Å². The predicted octanol–water partition coefficient (Wildman–Crippen LogP) is 3.39. The first-order chi connectivity index (χ1) is 13.2. The molecule has 0 saturated carbocycles. The fourth-order valence-corrected chi connectivity index (χ4v) is 4.14. The zero-order valence-electron chi connectivity index (χ0n) is 16.2. The average Bonchev–Trinajstić information content (AvgIpc) is 2.65. The molecule has 0 fully saturated rings. The van der Waals surface area contributed by atoms with E-state index in [0.717, 1.165) is 16.1 Å². The molecule has 0 spiro atoms. The van der Waals surface area contributed by atoms with Crippen molar-refractivity contribution < 1.29 is 17.9 Å². The minimum absolute atomic E-state index is 0.242. The molecule has 0 radical (unpaired) electrons. The molecule has 28 heavy (non-hydrogen) atoms. The molecule has 0 unspecified atom stereocenters. The van der Waals surface area contributed by atoms with E-state index < -0.39 is 16.1 Å². The lowest BCUT2D eigenvalue weighted by atomic mass is 10.2. The van der Waals surface area contributed by atoms with Gasteiger partial charge in [0.2, 0.25) is 15.9 Å². The predicted molar refractivity (Wildman–Crippen MR) is 113 cm³/mol. The maximum Gasteiger partial charge on any atom is 0.244 e. The van der Waals surface area contributed by atoms with Crippen LogP contribution in [0, 0.1) is 6.92 Å². The Kier molecular flexibility index (Phi) is 7.71. The van der Waals surface area contributed by atoms with Crippen LogP contribution in [0.3, 0.4) is 0 Å².